The highest BCUT2D eigenvalue weighted by molar-refractivity contribution is 5.92. The van der Waals surface area contributed by atoms with Gasteiger partial charge < -0.3 is 11.1 Å². The summed E-state index contributed by atoms with van der Waals surface area (Å²) in [5.74, 6) is -6.44. The van der Waals surface area contributed by atoms with Gasteiger partial charge in [0.2, 0.25) is 0 Å². The molecule has 1 rings (SSSR count). The van der Waals surface area contributed by atoms with E-state index < -0.39 is 29.0 Å². The molecule has 0 aliphatic carbocycles. The van der Waals surface area contributed by atoms with Crippen LogP contribution in [-0.4, -0.2) is 12.5 Å². The zero-order chi connectivity index (χ0) is 12.3. The van der Waals surface area contributed by atoms with Crippen molar-refractivity contribution in [2.45, 2.75) is 6.92 Å². The largest absolute Gasteiger partial charge is 0.370 e. The molecular weight excluding hydrogens is 226 g/mol. The summed E-state index contributed by atoms with van der Waals surface area (Å²) >= 11 is 0. The first-order valence-electron chi connectivity index (χ1n) is 4.37. The van der Waals surface area contributed by atoms with Crippen molar-refractivity contribution in [1.82, 2.24) is 0 Å². The molecule has 0 saturated heterocycles. The van der Waals surface area contributed by atoms with Gasteiger partial charge in [-0.25, -0.2) is 17.6 Å². The van der Waals surface area contributed by atoms with Gasteiger partial charge in [0.25, 0.3) is 0 Å². The lowest BCUT2D eigenvalue weighted by atomic mass is 10.2. The molecule has 1 aromatic rings. The second-order valence-corrected chi connectivity index (χ2v) is 2.83. The number of hydrogen-bond donors (Lipinski definition) is 2. The van der Waals surface area contributed by atoms with E-state index in [0.717, 1.165) is 0 Å². The van der Waals surface area contributed by atoms with Crippen LogP contribution in [0.5, 0.6) is 0 Å². The van der Waals surface area contributed by atoms with Gasteiger partial charge in [-0.05, 0) is 6.92 Å². The first-order valence-corrected chi connectivity index (χ1v) is 4.37. The van der Waals surface area contributed by atoms with Gasteiger partial charge in [0.15, 0.2) is 29.2 Å². The summed E-state index contributed by atoms with van der Waals surface area (Å²) in [6.45, 7) is 1.90. The quantitative estimate of drug-likeness (QED) is 0.356. The van der Waals surface area contributed by atoms with Gasteiger partial charge >= 0.3 is 0 Å². The van der Waals surface area contributed by atoms with Crippen molar-refractivity contribution in [3.63, 3.8) is 0 Å². The van der Waals surface area contributed by atoms with Crippen molar-refractivity contribution >= 4 is 11.6 Å². The van der Waals surface area contributed by atoms with Crippen molar-refractivity contribution in [2.24, 2.45) is 10.7 Å². The van der Waals surface area contributed by atoms with E-state index in [4.69, 9.17) is 5.73 Å². The third-order valence-corrected chi connectivity index (χ3v) is 1.69. The minimum absolute atomic E-state index is 0.114. The molecule has 16 heavy (non-hydrogen) atoms. The SMILES string of the molecule is CCN=C(N)Nc1c(F)c(F)cc(F)c1F. The molecule has 0 amide bonds. The van der Waals surface area contributed by atoms with Gasteiger partial charge in [0.1, 0.15) is 5.69 Å². The van der Waals surface area contributed by atoms with E-state index in [1.165, 1.54) is 0 Å². The number of halogens is 4. The van der Waals surface area contributed by atoms with Crippen molar-refractivity contribution < 1.29 is 17.6 Å². The van der Waals surface area contributed by atoms with Gasteiger partial charge in [-0.3, -0.25) is 4.99 Å². The molecule has 88 valence electrons. The average Bonchev–Trinajstić information content (AvgIpc) is 2.22. The maximum atomic E-state index is 13.1. The van der Waals surface area contributed by atoms with Crippen LogP contribution in [0.15, 0.2) is 11.1 Å². The fourth-order valence-corrected chi connectivity index (χ4v) is 1.02. The molecule has 0 radical (unpaired) electrons. The number of rotatable bonds is 2. The fourth-order valence-electron chi connectivity index (χ4n) is 1.02. The molecule has 0 spiro atoms. The average molecular weight is 235 g/mol. The second-order valence-electron chi connectivity index (χ2n) is 2.83. The molecule has 0 heterocycles. The van der Waals surface area contributed by atoms with Gasteiger partial charge in [-0.1, -0.05) is 0 Å². The maximum Gasteiger partial charge on any atom is 0.193 e. The zero-order valence-corrected chi connectivity index (χ0v) is 8.32. The molecule has 3 N–H and O–H groups in total. The normalized spacial score (nSPS) is 11.7. The number of nitrogens with zero attached hydrogens (tertiary/aromatic N) is 1. The summed E-state index contributed by atoms with van der Waals surface area (Å²) in [7, 11) is 0. The summed E-state index contributed by atoms with van der Waals surface area (Å²) in [5.41, 5.74) is 4.22. The molecular formula is C9H9F4N3. The van der Waals surface area contributed by atoms with Gasteiger partial charge in [-0.2, -0.15) is 0 Å². The summed E-state index contributed by atoms with van der Waals surface area (Å²) in [5, 5.41) is 1.96. The first-order chi connectivity index (χ1) is 7.47. The second kappa shape index (κ2) is 4.82. The topological polar surface area (TPSA) is 50.4 Å². The number of guanidine groups is 1. The summed E-state index contributed by atoms with van der Waals surface area (Å²) in [6.07, 6.45) is 0. The minimum Gasteiger partial charge on any atom is -0.370 e. The van der Waals surface area contributed by atoms with E-state index >= 15 is 0 Å². The highest BCUT2D eigenvalue weighted by Crippen LogP contribution is 2.23. The number of hydrogen-bond acceptors (Lipinski definition) is 1. The molecule has 0 unspecified atom stereocenters. The van der Waals surface area contributed by atoms with Crippen molar-refractivity contribution in [1.29, 1.82) is 0 Å². The molecule has 3 nitrogen and oxygen atoms in total. The smallest absolute Gasteiger partial charge is 0.193 e. The molecule has 0 atom stereocenters. The molecule has 1 aromatic carbocycles. The van der Waals surface area contributed by atoms with Crippen LogP contribution in [-0.2, 0) is 0 Å². The van der Waals surface area contributed by atoms with Gasteiger partial charge in [-0.15, -0.1) is 0 Å². The Hall–Kier alpha value is -1.79. The van der Waals surface area contributed by atoms with E-state index in [9.17, 15) is 17.6 Å². The Morgan fingerprint density at radius 3 is 2.19 bits per heavy atom. The Bertz CT molecular complexity index is 405. The van der Waals surface area contributed by atoms with E-state index in [1.54, 1.807) is 6.92 Å². The van der Waals surface area contributed by atoms with Crippen LogP contribution in [0.3, 0.4) is 0 Å². The Morgan fingerprint density at radius 2 is 1.75 bits per heavy atom. The van der Waals surface area contributed by atoms with Crippen LogP contribution in [0.1, 0.15) is 6.92 Å². The Kier molecular flexibility index (Phi) is 3.70. The highest BCUT2D eigenvalue weighted by atomic mass is 19.2. The monoisotopic (exact) mass is 235 g/mol. The van der Waals surface area contributed by atoms with Crippen LogP contribution in [0.25, 0.3) is 0 Å². The Balaban J connectivity index is 3.17. The van der Waals surface area contributed by atoms with Gasteiger partial charge in [0.05, 0.1) is 0 Å². The number of aliphatic imine (C=N–C) groups is 1. The standard InChI is InChI=1S/C9H9F4N3/c1-2-15-9(14)16-8-6(12)4(10)3-5(11)7(8)13/h3H,2H2,1H3,(H3,14,15,16). The van der Waals surface area contributed by atoms with E-state index in [1.807, 2.05) is 5.32 Å². The van der Waals surface area contributed by atoms with E-state index in [-0.39, 0.29) is 18.6 Å². The predicted molar refractivity (Wildman–Crippen MR) is 52.1 cm³/mol. The number of benzene rings is 1. The first kappa shape index (κ1) is 12.3. The van der Waals surface area contributed by atoms with Crippen LogP contribution >= 0.6 is 0 Å². The summed E-state index contributed by atoms with van der Waals surface area (Å²) in [6, 6.07) is 0.114. The number of nitrogens with two attached hydrogens (primary N) is 1. The third kappa shape index (κ3) is 2.41. The molecule has 7 heteroatoms. The number of anilines is 1. The lowest BCUT2D eigenvalue weighted by Crippen LogP contribution is -2.24. The highest BCUT2D eigenvalue weighted by Gasteiger charge is 2.19. The summed E-state index contributed by atoms with van der Waals surface area (Å²) in [4.78, 5) is 3.57. The molecule has 0 fully saturated rings. The third-order valence-electron chi connectivity index (χ3n) is 1.69. The molecule has 0 bridgehead atoms. The number of nitrogens with one attached hydrogen (secondary N) is 1. The predicted octanol–water partition coefficient (Wildman–Crippen LogP) is 1.99. The Morgan fingerprint density at radius 1 is 1.25 bits per heavy atom. The van der Waals surface area contributed by atoms with Crippen LogP contribution < -0.4 is 11.1 Å². The lowest BCUT2D eigenvalue weighted by Gasteiger charge is -2.08. The molecule has 0 aliphatic rings. The van der Waals surface area contributed by atoms with Crippen molar-refractivity contribution in [3.8, 4) is 0 Å². The molecule has 0 aromatic heterocycles. The van der Waals surface area contributed by atoms with Crippen molar-refractivity contribution in [2.75, 3.05) is 11.9 Å². The zero-order valence-electron chi connectivity index (χ0n) is 8.32. The molecule has 0 saturated carbocycles. The lowest BCUT2D eigenvalue weighted by molar-refractivity contribution is 0.459. The minimum atomic E-state index is -1.55. The Labute approximate surface area is 89.0 Å². The maximum absolute atomic E-state index is 13.1. The van der Waals surface area contributed by atoms with Gasteiger partial charge in [0, 0.05) is 12.6 Å². The summed E-state index contributed by atoms with van der Waals surface area (Å²) < 4.78 is 51.7. The fraction of sp³-hybridized carbons (Fsp3) is 0.222. The molecule has 0 aliphatic heterocycles. The van der Waals surface area contributed by atoms with E-state index in [0.29, 0.717) is 0 Å². The van der Waals surface area contributed by atoms with E-state index in [2.05, 4.69) is 4.99 Å². The van der Waals surface area contributed by atoms with Crippen molar-refractivity contribution in [3.05, 3.63) is 29.3 Å². The van der Waals surface area contributed by atoms with Crippen LogP contribution in [0.2, 0.25) is 0 Å². The van der Waals surface area contributed by atoms with Crippen LogP contribution in [0.4, 0.5) is 23.2 Å². The van der Waals surface area contributed by atoms with Crippen LogP contribution in [0, 0.1) is 23.3 Å².